The van der Waals surface area contributed by atoms with E-state index in [1.165, 1.54) is 0 Å². The van der Waals surface area contributed by atoms with E-state index in [0.29, 0.717) is 46.7 Å². The molecule has 10 nitrogen and oxygen atoms in total. The van der Waals surface area contributed by atoms with Crippen molar-refractivity contribution >= 4 is 35.0 Å². The fraction of sp³-hybridized carbons (Fsp3) is 0.333. The normalized spacial score (nSPS) is 14.6. The molecule has 0 aliphatic carbocycles. The minimum absolute atomic E-state index is 0.223. The zero-order valence-electron chi connectivity index (χ0n) is 23.4. The van der Waals surface area contributed by atoms with Crippen LogP contribution in [0.1, 0.15) is 44.7 Å². The molecule has 2 aromatic carbocycles. The highest BCUT2D eigenvalue weighted by Gasteiger charge is 2.41. The molecule has 0 fully saturated rings. The Balaban J connectivity index is 1.56. The quantitative estimate of drug-likeness (QED) is 0.300. The van der Waals surface area contributed by atoms with Gasteiger partial charge in [-0.2, -0.15) is 0 Å². The topological polar surface area (TPSA) is 123 Å². The van der Waals surface area contributed by atoms with Gasteiger partial charge in [0.15, 0.2) is 0 Å². The number of benzene rings is 2. The lowest BCUT2D eigenvalue weighted by Crippen LogP contribution is -2.27. The molecule has 2 aliphatic rings. The van der Waals surface area contributed by atoms with Gasteiger partial charge in [-0.25, -0.2) is 0 Å². The van der Waals surface area contributed by atoms with Crippen LogP contribution in [-0.4, -0.2) is 87.8 Å². The van der Waals surface area contributed by atoms with Crippen molar-refractivity contribution in [1.29, 1.82) is 0 Å². The van der Waals surface area contributed by atoms with Gasteiger partial charge in [-0.15, -0.1) is 0 Å². The van der Waals surface area contributed by atoms with Gasteiger partial charge in [0.2, 0.25) is 0 Å². The maximum absolute atomic E-state index is 13.1. The SMILES string of the molecule is CN(C)CCCNC(=O)c1cccc(C2=C3C(=O)NC(c4cccc(C(=O)NCCCN(C)C)c4)=C3C(=O)N2)c1. The van der Waals surface area contributed by atoms with Crippen LogP contribution in [0, 0.1) is 0 Å². The van der Waals surface area contributed by atoms with E-state index in [9.17, 15) is 19.2 Å². The van der Waals surface area contributed by atoms with Gasteiger partial charge >= 0.3 is 0 Å². The predicted molar refractivity (Wildman–Crippen MR) is 154 cm³/mol. The summed E-state index contributed by atoms with van der Waals surface area (Å²) in [6, 6.07) is 13.7. The van der Waals surface area contributed by atoms with Gasteiger partial charge in [-0.1, -0.05) is 24.3 Å². The van der Waals surface area contributed by atoms with Crippen LogP contribution >= 0.6 is 0 Å². The largest absolute Gasteiger partial charge is 0.352 e. The summed E-state index contributed by atoms with van der Waals surface area (Å²) < 4.78 is 0. The maximum Gasteiger partial charge on any atom is 0.258 e. The maximum atomic E-state index is 13.1. The first-order chi connectivity index (χ1) is 19.2. The van der Waals surface area contributed by atoms with Crippen molar-refractivity contribution in [3.8, 4) is 0 Å². The van der Waals surface area contributed by atoms with Crippen LogP contribution in [0.4, 0.5) is 0 Å². The third kappa shape index (κ3) is 6.64. The molecular formula is C30H36N6O4. The van der Waals surface area contributed by atoms with Crippen molar-refractivity contribution in [1.82, 2.24) is 31.1 Å². The fourth-order valence-corrected chi connectivity index (χ4v) is 4.64. The molecule has 40 heavy (non-hydrogen) atoms. The Morgan fingerprint density at radius 1 is 0.675 bits per heavy atom. The molecule has 4 amide bonds. The molecule has 0 unspecified atom stereocenters. The summed E-state index contributed by atoms with van der Waals surface area (Å²) in [4.78, 5) is 55.7. The summed E-state index contributed by atoms with van der Waals surface area (Å²) in [7, 11) is 7.91. The molecule has 0 saturated carbocycles. The van der Waals surface area contributed by atoms with Gasteiger partial charge in [0.25, 0.3) is 23.6 Å². The Hall–Kier alpha value is -4.28. The first-order valence-corrected chi connectivity index (χ1v) is 13.3. The van der Waals surface area contributed by atoms with Crippen LogP contribution < -0.4 is 21.3 Å². The number of nitrogens with one attached hydrogen (secondary N) is 4. The monoisotopic (exact) mass is 544 g/mol. The zero-order chi connectivity index (χ0) is 28.8. The van der Waals surface area contributed by atoms with Crippen LogP contribution in [0.3, 0.4) is 0 Å². The number of fused-ring (bicyclic) bond motifs is 1. The summed E-state index contributed by atoms with van der Waals surface area (Å²) >= 11 is 0. The number of hydrogen-bond donors (Lipinski definition) is 4. The lowest BCUT2D eigenvalue weighted by Gasteiger charge is -2.11. The molecule has 2 aliphatic heterocycles. The van der Waals surface area contributed by atoms with E-state index in [2.05, 4.69) is 21.3 Å². The molecular weight excluding hydrogens is 508 g/mol. The van der Waals surface area contributed by atoms with Gasteiger partial charge in [-0.05, 0) is 89.5 Å². The number of amides is 4. The van der Waals surface area contributed by atoms with Crippen molar-refractivity contribution < 1.29 is 19.2 Å². The van der Waals surface area contributed by atoms with Crippen molar-refractivity contribution in [3.63, 3.8) is 0 Å². The number of carbonyl (C=O) groups excluding carboxylic acids is 4. The average Bonchev–Trinajstić information content (AvgIpc) is 3.46. The first-order valence-electron chi connectivity index (χ1n) is 13.3. The van der Waals surface area contributed by atoms with E-state index < -0.39 is 11.8 Å². The average molecular weight is 545 g/mol. The Morgan fingerprint density at radius 2 is 1.07 bits per heavy atom. The van der Waals surface area contributed by atoms with Gasteiger partial charge in [0.1, 0.15) is 0 Å². The Bertz CT molecular complexity index is 1290. The van der Waals surface area contributed by atoms with Crippen molar-refractivity contribution in [2.45, 2.75) is 12.8 Å². The second-order valence-corrected chi connectivity index (χ2v) is 10.4. The van der Waals surface area contributed by atoms with Gasteiger partial charge in [-0.3, -0.25) is 19.2 Å². The number of carbonyl (C=O) groups is 4. The minimum atomic E-state index is -0.421. The molecule has 210 valence electrons. The molecule has 0 radical (unpaired) electrons. The van der Waals surface area contributed by atoms with E-state index in [0.717, 1.165) is 25.9 Å². The highest BCUT2D eigenvalue weighted by atomic mass is 16.2. The number of hydrogen-bond acceptors (Lipinski definition) is 6. The van der Waals surface area contributed by atoms with Gasteiger partial charge in [0, 0.05) is 24.2 Å². The molecule has 0 aromatic heterocycles. The number of rotatable bonds is 12. The van der Waals surface area contributed by atoms with Crippen molar-refractivity contribution in [3.05, 3.63) is 81.9 Å². The zero-order valence-corrected chi connectivity index (χ0v) is 23.4. The third-order valence-corrected chi connectivity index (χ3v) is 6.64. The fourth-order valence-electron chi connectivity index (χ4n) is 4.64. The molecule has 10 heteroatoms. The van der Waals surface area contributed by atoms with E-state index >= 15 is 0 Å². The molecule has 0 saturated heterocycles. The summed E-state index contributed by atoms with van der Waals surface area (Å²) in [5, 5.41) is 11.4. The number of nitrogens with zero attached hydrogens (tertiary/aromatic N) is 2. The van der Waals surface area contributed by atoms with Crippen LogP contribution in [0.5, 0.6) is 0 Å². The minimum Gasteiger partial charge on any atom is -0.352 e. The second-order valence-electron chi connectivity index (χ2n) is 10.4. The molecule has 0 atom stereocenters. The Morgan fingerprint density at radius 3 is 1.45 bits per heavy atom. The van der Waals surface area contributed by atoms with E-state index in [-0.39, 0.29) is 23.0 Å². The molecule has 0 bridgehead atoms. The summed E-state index contributed by atoms with van der Waals surface area (Å²) in [6.07, 6.45) is 1.64. The van der Waals surface area contributed by atoms with E-state index in [1.807, 2.05) is 38.0 Å². The van der Waals surface area contributed by atoms with Gasteiger partial charge < -0.3 is 31.1 Å². The van der Waals surface area contributed by atoms with E-state index in [1.54, 1.807) is 48.5 Å². The van der Waals surface area contributed by atoms with Crippen LogP contribution in [0.15, 0.2) is 59.7 Å². The molecule has 2 heterocycles. The molecule has 0 spiro atoms. The Labute approximate surface area is 234 Å². The van der Waals surface area contributed by atoms with Crippen LogP contribution in [0.2, 0.25) is 0 Å². The van der Waals surface area contributed by atoms with E-state index in [4.69, 9.17) is 0 Å². The molecule has 2 aromatic rings. The van der Waals surface area contributed by atoms with Gasteiger partial charge in [0.05, 0.1) is 22.5 Å². The standard InChI is InChI=1S/C30H36N6O4/c1-35(2)15-7-13-31-27(37)21-11-5-9-19(17-21)25-23-24(30(40)33-25)26(34-29(23)39)20-10-6-12-22(18-20)28(38)32-14-8-16-36(3)4/h5-6,9-12,17-18H,7-8,13-16H2,1-4H3,(H,31,37)(H,32,38)(H,33,40)(H,34,39). The lowest BCUT2D eigenvalue weighted by atomic mass is 10.00. The lowest BCUT2D eigenvalue weighted by molar-refractivity contribution is -0.117. The summed E-state index contributed by atoms with van der Waals surface area (Å²) in [5.41, 5.74) is 3.14. The third-order valence-electron chi connectivity index (χ3n) is 6.64. The summed E-state index contributed by atoms with van der Waals surface area (Å²) in [6.45, 7) is 2.80. The highest BCUT2D eigenvalue weighted by Crippen LogP contribution is 2.37. The smallest absolute Gasteiger partial charge is 0.258 e. The van der Waals surface area contributed by atoms with Crippen LogP contribution in [-0.2, 0) is 9.59 Å². The van der Waals surface area contributed by atoms with Crippen molar-refractivity contribution in [2.24, 2.45) is 0 Å². The predicted octanol–water partition coefficient (Wildman–Crippen LogP) is 1.43. The van der Waals surface area contributed by atoms with Crippen LogP contribution in [0.25, 0.3) is 11.4 Å². The van der Waals surface area contributed by atoms with Crippen molar-refractivity contribution in [2.75, 3.05) is 54.4 Å². The first kappa shape index (κ1) is 28.7. The molecule has 4 rings (SSSR count). The summed E-state index contributed by atoms with van der Waals surface area (Å²) in [5.74, 6) is -1.29. The Kier molecular flexibility index (Phi) is 9.13. The molecule has 4 N–H and O–H groups in total. The second kappa shape index (κ2) is 12.7. The highest BCUT2D eigenvalue weighted by molar-refractivity contribution is 6.30.